The van der Waals surface area contributed by atoms with E-state index in [2.05, 4.69) is 38.3 Å². The Morgan fingerprint density at radius 3 is 2.55 bits per heavy atom. The summed E-state index contributed by atoms with van der Waals surface area (Å²) in [5, 5.41) is 24.3. The van der Waals surface area contributed by atoms with Gasteiger partial charge in [0.15, 0.2) is 0 Å². The number of likely N-dealkylation sites (tertiary alicyclic amines) is 1. The summed E-state index contributed by atoms with van der Waals surface area (Å²) >= 11 is 12.4. The standard InChI is InChI=1S/C31H39Cl2F2N3O4/c1-16(2)13-30(3,4)14-24-31(19-11-22(34)21(33)12-23(19)37-29(31)42)25(18-7-6-8-20(32)26(18)35)27(38(24)5)28(41)36-10-9-17(40)15-39/h6-8,11-12,16-17,24-25,27,39-40H,9-10,13-15H2,1-5H3,(H,36,41)(H,37,42)/t17-,24+,25-,27+,31-/m0/s1. The fourth-order valence-corrected chi connectivity index (χ4v) is 7.62. The van der Waals surface area contributed by atoms with Crippen LogP contribution in [0.4, 0.5) is 14.5 Å². The molecule has 0 unspecified atom stereocenters. The highest BCUT2D eigenvalue weighted by atomic mass is 35.5. The third-order valence-electron chi connectivity index (χ3n) is 8.67. The van der Waals surface area contributed by atoms with Crippen molar-refractivity contribution < 1.29 is 28.6 Å². The van der Waals surface area contributed by atoms with Gasteiger partial charge < -0.3 is 20.8 Å². The van der Waals surface area contributed by atoms with Crippen molar-refractivity contribution in [1.82, 2.24) is 10.2 Å². The molecule has 0 saturated carbocycles. The summed E-state index contributed by atoms with van der Waals surface area (Å²) in [5.41, 5.74) is -1.22. The molecule has 11 heteroatoms. The molecule has 0 aromatic heterocycles. The molecule has 4 rings (SSSR count). The van der Waals surface area contributed by atoms with E-state index in [-0.39, 0.29) is 34.0 Å². The molecule has 2 heterocycles. The van der Waals surface area contributed by atoms with Gasteiger partial charge in [-0.05, 0) is 67.0 Å². The van der Waals surface area contributed by atoms with Gasteiger partial charge in [0.2, 0.25) is 11.8 Å². The molecule has 230 valence electrons. The SMILES string of the molecule is CC(C)CC(C)(C)C[C@H]1N(C)[C@@H](C(=O)NCC[C@H](O)CO)[C@H](c2cccc(Cl)c2F)[C@@]12C(=O)Nc1cc(Cl)c(F)cc12. The number of aliphatic hydroxyl groups is 2. The average Bonchev–Trinajstić information content (AvgIpc) is 3.31. The summed E-state index contributed by atoms with van der Waals surface area (Å²) in [6.07, 6.45) is 0.314. The second-order valence-corrected chi connectivity index (χ2v) is 13.6. The van der Waals surface area contributed by atoms with Crippen LogP contribution in [0.2, 0.25) is 10.0 Å². The van der Waals surface area contributed by atoms with E-state index in [1.54, 1.807) is 18.0 Å². The van der Waals surface area contributed by atoms with E-state index in [1.165, 1.54) is 24.3 Å². The lowest BCUT2D eigenvalue weighted by molar-refractivity contribution is -0.126. The molecule has 1 fully saturated rings. The van der Waals surface area contributed by atoms with Gasteiger partial charge in [0.05, 0.1) is 28.8 Å². The van der Waals surface area contributed by atoms with E-state index in [0.717, 1.165) is 6.42 Å². The largest absolute Gasteiger partial charge is 0.394 e. The molecule has 5 atom stereocenters. The maximum absolute atomic E-state index is 16.0. The van der Waals surface area contributed by atoms with Gasteiger partial charge in [-0.3, -0.25) is 14.5 Å². The van der Waals surface area contributed by atoms with Gasteiger partial charge in [-0.2, -0.15) is 0 Å². The maximum atomic E-state index is 16.0. The van der Waals surface area contributed by atoms with E-state index in [1.807, 2.05) is 0 Å². The van der Waals surface area contributed by atoms with Gasteiger partial charge >= 0.3 is 0 Å². The summed E-state index contributed by atoms with van der Waals surface area (Å²) in [6, 6.07) is 5.31. The number of halogens is 4. The molecule has 0 bridgehead atoms. The van der Waals surface area contributed by atoms with Gasteiger partial charge in [0, 0.05) is 24.2 Å². The maximum Gasteiger partial charge on any atom is 0.238 e. The van der Waals surface area contributed by atoms with E-state index in [4.69, 9.17) is 23.2 Å². The smallest absolute Gasteiger partial charge is 0.238 e. The number of anilines is 1. The van der Waals surface area contributed by atoms with Crippen molar-refractivity contribution in [2.75, 3.05) is 25.5 Å². The van der Waals surface area contributed by atoms with Crippen LogP contribution in [0, 0.1) is 23.0 Å². The Morgan fingerprint density at radius 2 is 1.90 bits per heavy atom. The van der Waals surface area contributed by atoms with Crippen LogP contribution in [-0.4, -0.2) is 65.3 Å². The fraction of sp³-hybridized carbons (Fsp3) is 0.548. The lowest BCUT2D eigenvalue weighted by Crippen LogP contribution is -2.50. The average molecular weight is 627 g/mol. The summed E-state index contributed by atoms with van der Waals surface area (Å²) in [5.74, 6) is -3.24. The first-order valence-electron chi connectivity index (χ1n) is 14.2. The second kappa shape index (κ2) is 12.4. The Bertz CT molecular complexity index is 1360. The minimum absolute atomic E-state index is 0.0408. The number of rotatable bonds is 10. The molecule has 0 aliphatic carbocycles. The lowest BCUT2D eigenvalue weighted by atomic mass is 9.61. The van der Waals surface area contributed by atoms with Crippen LogP contribution in [0.25, 0.3) is 0 Å². The van der Waals surface area contributed by atoms with Crippen LogP contribution in [-0.2, 0) is 15.0 Å². The number of benzene rings is 2. The molecule has 1 spiro atoms. The van der Waals surface area contributed by atoms with Crippen molar-refractivity contribution in [1.29, 1.82) is 0 Å². The first-order chi connectivity index (χ1) is 19.6. The van der Waals surface area contributed by atoms with Crippen molar-refractivity contribution in [3.05, 3.63) is 63.1 Å². The van der Waals surface area contributed by atoms with Gasteiger partial charge in [0.1, 0.15) is 17.0 Å². The topological polar surface area (TPSA) is 102 Å². The van der Waals surface area contributed by atoms with Crippen molar-refractivity contribution in [2.24, 2.45) is 11.3 Å². The zero-order valence-electron chi connectivity index (χ0n) is 24.5. The summed E-state index contributed by atoms with van der Waals surface area (Å²) in [7, 11) is 1.73. The highest BCUT2D eigenvalue weighted by molar-refractivity contribution is 6.31. The third-order valence-corrected chi connectivity index (χ3v) is 9.25. The number of carbonyl (C=O) groups excluding carboxylic acids is 2. The van der Waals surface area contributed by atoms with E-state index in [0.29, 0.717) is 23.6 Å². The minimum atomic E-state index is -1.58. The van der Waals surface area contributed by atoms with Crippen molar-refractivity contribution >= 4 is 40.7 Å². The molecule has 2 aromatic carbocycles. The van der Waals surface area contributed by atoms with Crippen molar-refractivity contribution in [2.45, 2.75) is 76.5 Å². The molecule has 1 saturated heterocycles. The van der Waals surface area contributed by atoms with Crippen LogP contribution in [0.15, 0.2) is 30.3 Å². The number of aliphatic hydroxyl groups excluding tert-OH is 2. The predicted octanol–water partition coefficient (Wildman–Crippen LogP) is 5.25. The zero-order valence-corrected chi connectivity index (χ0v) is 26.0. The summed E-state index contributed by atoms with van der Waals surface area (Å²) < 4.78 is 31.1. The molecule has 7 nitrogen and oxygen atoms in total. The Kier molecular flexibility index (Phi) is 9.60. The van der Waals surface area contributed by atoms with E-state index >= 15 is 8.78 Å². The molecule has 4 N–H and O–H groups in total. The monoisotopic (exact) mass is 625 g/mol. The number of hydrogen-bond donors (Lipinski definition) is 4. The number of carbonyl (C=O) groups is 2. The predicted molar refractivity (Wildman–Crippen MR) is 160 cm³/mol. The second-order valence-electron chi connectivity index (χ2n) is 12.8. The van der Waals surface area contributed by atoms with Crippen LogP contribution < -0.4 is 10.6 Å². The zero-order chi connectivity index (χ0) is 31.1. The van der Waals surface area contributed by atoms with Gasteiger partial charge in [0.25, 0.3) is 0 Å². The third kappa shape index (κ3) is 5.78. The Labute approximate surface area is 255 Å². The van der Waals surface area contributed by atoms with E-state index < -0.39 is 59.6 Å². The highest BCUT2D eigenvalue weighted by Crippen LogP contribution is 2.60. The Balaban J connectivity index is 1.98. The summed E-state index contributed by atoms with van der Waals surface area (Å²) in [6.45, 7) is 7.96. The summed E-state index contributed by atoms with van der Waals surface area (Å²) in [4.78, 5) is 30.2. The Morgan fingerprint density at radius 1 is 1.21 bits per heavy atom. The first kappa shape index (κ1) is 32.6. The number of amides is 2. The first-order valence-corrected chi connectivity index (χ1v) is 14.9. The number of nitrogens with one attached hydrogen (secondary N) is 2. The number of nitrogens with zero attached hydrogens (tertiary/aromatic N) is 1. The number of fused-ring (bicyclic) bond motifs is 2. The highest BCUT2D eigenvalue weighted by Gasteiger charge is 2.68. The number of hydrogen-bond acceptors (Lipinski definition) is 5. The van der Waals surface area contributed by atoms with Crippen molar-refractivity contribution in [3.63, 3.8) is 0 Å². The van der Waals surface area contributed by atoms with Gasteiger partial charge in [-0.15, -0.1) is 0 Å². The van der Waals surface area contributed by atoms with Crippen molar-refractivity contribution in [3.8, 4) is 0 Å². The normalized spacial score (nSPS) is 24.8. The molecular formula is C31H39Cl2F2N3O4. The molecule has 2 aromatic rings. The fourth-order valence-electron chi connectivity index (χ4n) is 7.27. The van der Waals surface area contributed by atoms with Gasteiger partial charge in [-0.1, -0.05) is 63.0 Å². The molecule has 2 aliphatic rings. The Hall–Kier alpha value is -2.30. The quantitative estimate of drug-likeness (QED) is 0.289. The van der Waals surface area contributed by atoms with Crippen LogP contribution >= 0.6 is 23.2 Å². The van der Waals surface area contributed by atoms with Gasteiger partial charge in [-0.25, -0.2) is 8.78 Å². The molecule has 2 amide bonds. The minimum Gasteiger partial charge on any atom is -0.394 e. The lowest BCUT2D eigenvalue weighted by Gasteiger charge is -2.40. The van der Waals surface area contributed by atoms with E-state index in [9.17, 15) is 19.8 Å². The van der Waals surface area contributed by atoms with Crippen LogP contribution in [0.3, 0.4) is 0 Å². The molecule has 42 heavy (non-hydrogen) atoms. The molecule has 2 aliphatic heterocycles. The molecular weight excluding hydrogens is 587 g/mol. The van der Waals surface area contributed by atoms with Crippen LogP contribution in [0.1, 0.15) is 64.0 Å². The number of likely N-dealkylation sites (N-methyl/N-ethyl adjacent to an activating group) is 1. The van der Waals surface area contributed by atoms with Crippen LogP contribution in [0.5, 0.6) is 0 Å². The molecule has 0 radical (unpaired) electrons.